The largest absolute Gasteiger partial charge is 0.332 e. The SMILES string of the molecule is Cc1ccc(NC(=O)CN(C)C(=O)c2cccc(NS(=O)(=O)c3ccc(C)cc3)c2)cc1. The molecule has 0 atom stereocenters. The minimum Gasteiger partial charge on any atom is -0.332 e. The molecule has 3 aromatic rings. The van der Waals surface area contributed by atoms with Crippen LogP contribution in [0.4, 0.5) is 11.4 Å². The van der Waals surface area contributed by atoms with Gasteiger partial charge in [0.1, 0.15) is 0 Å². The Balaban J connectivity index is 1.66. The van der Waals surface area contributed by atoms with Gasteiger partial charge in [-0.05, 0) is 56.3 Å². The van der Waals surface area contributed by atoms with Gasteiger partial charge in [0.15, 0.2) is 0 Å². The summed E-state index contributed by atoms with van der Waals surface area (Å²) >= 11 is 0. The van der Waals surface area contributed by atoms with E-state index in [0.29, 0.717) is 5.69 Å². The van der Waals surface area contributed by atoms with Crippen molar-refractivity contribution in [2.75, 3.05) is 23.6 Å². The van der Waals surface area contributed by atoms with E-state index in [1.54, 1.807) is 42.5 Å². The second-order valence-electron chi connectivity index (χ2n) is 7.57. The summed E-state index contributed by atoms with van der Waals surface area (Å²) in [5, 5.41) is 2.75. The predicted octanol–water partition coefficient (Wildman–Crippen LogP) is 3.81. The molecule has 0 heterocycles. The summed E-state index contributed by atoms with van der Waals surface area (Å²) in [6, 6.07) is 20.0. The number of carbonyl (C=O) groups is 2. The number of nitrogens with one attached hydrogen (secondary N) is 2. The zero-order valence-electron chi connectivity index (χ0n) is 18.1. The fourth-order valence-electron chi connectivity index (χ4n) is 2.99. The second kappa shape index (κ2) is 9.65. The van der Waals surface area contributed by atoms with Crippen molar-refractivity contribution in [3.63, 3.8) is 0 Å². The van der Waals surface area contributed by atoms with Crippen LogP contribution in [0.5, 0.6) is 0 Å². The van der Waals surface area contributed by atoms with Gasteiger partial charge in [-0.2, -0.15) is 0 Å². The van der Waals surface area contributed by atoms with Crippen LogP contribution in [0.1, 0.15) is 21.5 Å². The van der Waals surface area contributed by atoms with Gasteiger partial charge in [0.2, 0.25) is 5.91 Å². The van der Waals surface area contributed by atoms with Gasteiger partial charge in [0.25, 0.3) is 15.9 Å². The number of carbonyl (C=O) groups excluding carboxylic acids is 2. The standard InChI is InChI=1S/C24H25N3O4S/c1-17-7-11-20(12-8-17)25-23(28)16-27(3)24(29)19-5-4-6-21(15-19)26-32(30,31)22-13-9-18(2)10-14-22/h4-15,26H,16H2,1-3H3,(H,25,28). The summed E-state index contributed by atoms with van der Waals surface area (Å²) in [7, 11) is -2.27. The number of sulfonamides is 1. The third-order valence-electron chi connectivity index (χ3n) is 4.76. The van der Waals surface area contributed by atoms with Crippen LogP contribution in [0, 0.1) is 13.8 Å². The molecule has 0 aliphatic rings. The Bertz CT molecular complexity index is 1220. The summed E-state index contributed by atoms with van der Waals surface area (Å²) in [6.07, 6.45) is 0. The van der Waals surface area contributed by atoms with Crippen molar-refractivity contribution < 1.29 is 18.0 Å². The first-order chi connectivity index (χ1) is 15.1. The van der Waals surface area contributed by atoms with E-state index in [1.165, 1.54) is 30.1 Å². The number of amides is 2. The summed E-state index contributed by atoms with van der Waals surface area (Å²) in [4.78, 5) is 26.5. The maximum absolute atomic E-state index is 12.8. The van der Waals surface area contributed by atoms with Crippen molar-refractivity contribution >= 4 is 33.2 Å². The minimum absolute atomic E-state index is 0.129. The first-order valence-electron chi connectivity index (χ1n) is 9.95. The number of nitrogens with zero attached hydrogens (tertiary/aromatic N) is 1. The Labute approximate surface area is 188 Å². The molecule has 0 radical (unpaired) electrons. The van der Waals surface area contributed by atoms with Crippen LogP contribution in [-0.4, -0.2) is 38.7 Å². The predicted molar refractivity (Wildman–Crippen MR) is 125 cm³/mol. The molecule has 7 nitrogen and oxygen atoms in total. The maximum Gasteiger partial charge on any atom is 0.261 e. The highest BCUT2D eigenvalue weighted by Crippen LogP contribution is 2.18. The molecule has 0 aliphatic carbocycles. The van der Waals surface area contributed by atoms with Crippen LogP contribution in [-0.2, 0) is 14.8 Å². The molecular weight excluding hydrogens is 426 g/mol. The van der Waals surface area contributed by atoms with Crippen LogP contribution in [0.2, 0.25) is 0 Å². The molecule has 3 rings (SSSR count). The van der Waals surface area contributed by atoms with E-state index >= 15 is 0 Å². The van der Waals surface area contributed by atoms with Crippen LogP contribution in [0.3, 0.4) is 0 Å². The van der Waals surface area contributed by atoms with Gasteiger partial charge in [0, 0.05) is 24.0 Å². The second-order valence-corrected chi connectivity index (χ2v) is 9.26. The fourth-order valence-corrected chi connectivity index (χ4v) is 4.04. The quantitative estimate of drug-likeness (QED) is 0.571. The van der Waals surface area contributed by atoms with Gasteiger partial charge in [-0.3, -0.25) is 14.3 Å². The lowest BCUT2D eigenvalue weighted by atomic mass is 10.2. The van der Waals surface area contributed by atoms with Crippen molar-refractivity contribution in [2.45, 2.75) is 18.7 Å². The van der Waals surface area contributed by atoms with Crippen molar-refractivity contribution in [1.29, 1.82) is 0 Å². The Kier molecular flexibility index (Phi) is 6.95. The van der Waals surface area contributed by atoms with E-state index in [4.69, 9.17) is 0 Å². The van der Waals surface area contributed by atoms with E-state index in [-0.39, 0.29) is 28.6 Å². The molecule has 3 aromatic carbocycles. The molecule has 0 unspecified atom stereocenters. The molecule has 0 saturated heterocycles. The topological polar surface area (TPSA) is 95.6 Å². The number of likely N-dealkylation sites (N-methyl/N-ethyl adjacent to an activating group) is 1. The fraction of sp³-hybridized carbons (Fsp3) is 0.167. The van der Waals surface area contributed by atoms with Gasteiger partial charge in [0.05, 0.1) is 11.4 Å². The van der Waals surface area contributed by atoms with E-state index < -0.39 is 15.9 Å². The molecular formula is C24H25N3O4S. The normalized spacial score (nSPS) is 11.0. The summed E-state index contributed by atoms with van der Waals surface area (Å²) in [5.74, 6) is -0.735. The van der Waals surface area contributed by atoms with Crippen molar-refractivity contribution in [3.05, 3.63) is 89.5 Å². The third-order valence-corrected chi connectivity index (χ3v) is 6.15. The lowest BCUT2D eigenvalue weighted by Gasteiger charge is -2.17. The zero-order valence-corrected chi connectivity index (χ0v) is 18.9. The molecule has 2 amide bonds. The van der Waals surface area contributed by atoms with E-state index in [2.05, 4.69) is 10.0 Å². The highest BCUT2D eigenvalue weighted by atomic mass is 32.2. The molecule has 0 spiro atoms. The first-order valence-corrected chi connectivity index (χ1v) is 11.4. The molecule has 0 aromatic heterocycles. The molecule has 166 valence electrons. The van der Waals surface area contributed by atoms with Crippen LogP contribution < -0.4 is 10.0 Å². The molecule has 0 fully saturated rings. The number of hydrogen-bond acceptors (Lipinski definition) is 4. The van der Waals surface area contributed by atoms with Gasteiger partial charge in [-0.1, -0.05) is 41.5 Å². The lowest BCUT2D eigenvalue weighted by molar-refractivity contribution is -0.116. The summed E-state index contributed by atoms with van der Waals surface area (Å²) < 4.78 is 27.7. The Hall–Kier alpha value is -3.65. The summed E-state index contributed by atoms with van der Waals surface area (Å²) in [6.45, 7) is 3.68. The number of anilines is 2. The molecule has 2 N–H and O–H groups in total. The van der Waals surface area contributed by atoms with Crippen LogP contribution in [0.15, 0.2) is 77.7 Å². The molecule has 8 heteroatoms. The van der Waals surface area contributed by atoms with Crippen LogP contribution >= 0.6 is 0 Å². The van der Waals surface area contributed by atoms with E-state index in [0.717, 1.165) is 11.1 Å². The Morgan fingerprint density at radius 3 is 2.06 bits per heavy atom. The van der Waals surface area contributed by atoms with E-state index in [1.807, 2.05) is 26.0 Å². The highest BCUT2D eigenvalue weighted by molar-refractivity contribution is 7.92. The highest BCUT2D eigenvalue weighted by Gasteiger charge is 2.18. The molecule has 0 aliphatic heterocycles. The van der Waals surface area contributed by atoms with Gasteiger partial charge >= 0.3 is 0 Å². The summed E-state index contributed by atoms with van der Waals surface area (Å²) in [5.41, 5.74) is 3.20. The molecule has 0 saturated carbocycles. The molecule has 0 bridgehead atoms. The number of hydrogen-bond donors (Lipinski definition) is 2. The zero-order chi connectivity index (χ0) is 23.3. The smallest absolute Gasteiger partial charge is 0.261 e. The van der Waals surface area contributed by atoms with Crippen molar-refractivity contribution in [3.8, 4) is 0 Å². The van der Waals surface area contributed by atoms with Gasteiger partial charge < -0.3 is 10.2 Å². The average Bonchev–Trinajstić information content (AvgIpc) is 2.75. The number of rotatable bonds is 7. The number of aryl methyl sites for hydroxylation is 2. The van der Waals surface area contributed by atoms with Gasteiger partial charge in [-0.15, -0.1) is 0 Å². The molecule has 32 heavy (non-hydrogen) atoms. The van der Waals surface area contributed by atoms with Crippen LogP contribution in [0.25, 0.3) is 0 Å². The third kappa shape index (κ3) is 5.95. The minimum atomic E-state index is -3.79. The van der Waals surface area contributed by atoms with E-state index in [9.17, 15) is 18.0 Å². The monoisotopic (exact) mass is 451 g/mol. The Morgan fingerprint density at radius 1 is 0.844 bits per heavy atom. The van der Waals surface area contributed by atoms with Gasteiger partial charge in [-0.25, -0.2) is 8.42 Å². The van der Waals surface area contributed by atoms with Crippen molar-refractivity contribution in [2.24, 2.45) is 0 Å². The Morgan fingerprint density at radius 2 is 1.44 bits per heavy atom. The van der Waals surface area contributed by atoms with Crippen molar-refractivity contribution in [1.82, 2.24) is 4.90 Å². The number of benzene rings is 3. The lowest BCUT2D eigenvalue weighted by Crippen LogP contribution is -2.35. The first kappa shape index (κ1) is 23.0. The average molecular weight is 452 g/mol. The maximum atomic E-state index is 12.8.